The molecule has 0 radical (unpaired) electrons. The van der Waals surface area contributed by atoms with E-state index in [1.165, 1.54) is 6.33 Å². The number of hydrogen-bond acceptors (Lipinski definition) is 3. The van der Waals surface area contributed by atoms with Crippen molar-refractivity contribution in [2.24, 2.45) is 0 Å². The molecule has 0 saturated heterocycles. The Kier molecular flexibility index (Phi) is 5.74. The Morgan fingerprint density at radius 2 is 1.59 bits per heavy atom. The molecule has 4 nitrogen and oxygen atoms in total. The van der Waals surface area contributed by atoms with E-state index in [9.17, 15) is 26.3 Å². The molecule has 10 heteroatoms. The molecular formula is C22H20F6N4. The fraction of sp³-hybridized carbons (Fsp3) is 0.364. The molecule has 1 unspecified atom stereocenters. The summed E-state index contributed by atoms with van der Waals surface area (Å²) in [6.45, 7) is 2.83. The standard InChI is InChI=1S/C22H20F6N4/c1-14-5-2-3-6-18(14)19-20-29-13-30-32(20)8-4-7-31(19)12-15-9-16(21(23,24)25)11-17(10-15)22(26,27)28/h2-3,5-6,9-11,13,19H,4,7-8,12H2,1H3. The minimum Gasteiger partial charge on any atom is -0.285 e. The molecular weight excluding hydrogens is 434 g/mol. The van der Waals surface area contributed by atoms with Gasteiger partial charge in [-0.15, -0.1) is 0 Å². The van der Waals surface area contributed by atoms with Gasteiger partial charge in [-0.3, -0.25) is 4.90 Å². The van der Waals surface area contributed by atoms with Gasteiger partial charge in [0, 0.05) is 19.6 Å². The average molecular weight is 454 g/mol. The molecule has 4 rings (SSSR count). The lowest BCUT2D eigenvalue weighted by Gasteiger charge is -2.31. The highest BCUT2D eigenvalue weighted by Crippen LogP contribution is 2.38. The first-order valence-corrected chi connectivity index (χ1v) is 9.99. The van der Waals surface area contributed by atoms with Crippen molar-refractivity contribution in [3.05, 3.63) is 82.4 Å². The summed E-state index contributed by atoms with van der Waals surface area (Å²) in [5.74, 6) is 0.611. The molecule has 2 heterocycles. The SMILES string of the molecule is Cc1ccccc1C1c2ncnn2CCCN1Cc1cc(C(F)(F)F)cc(C(F)(F)F)c1. The zero-order valence-electron chi connectivity index (χ0n) is 17.1. The summed E-state index contributed by atoms with van der Waals surface area (Å²) >= 11 is 0. The lowest BCUT2D eigenvalue weighted by atomic mass is 9.98. The van der Waals surface area contributed by atoms with Crippen LogP contribution in [0.4, 0.5) is 26.3 Å². The third-order valence-corrected chi connectivity index (χ3v) is 5.59. The van der Waals surface area contributed by atoms with Crippen molar-refractivity contribution in [3.8, 4) is 0 Å². The quantitative estimate of drug-likeness (QED) is 0.482. The fourth-order valence-electron chi connectivity index (χ4n) is 4.12. The predicted octanol–water partition coefficient (Wildman–Crippen LogP) is 5.62. The third-order valence-electron chi connectivity index (χ3n) is 5.59. The summed E-state index contributed by atoms with van der Waals surface area (Å²) in [7, 11) is 0. The van der Waals surface area contributed by atoms with Crippen LogP contribution in [0.2, 0.25) is 0 Å². The molecule has 0 aliphatic carbocycles. The molecule has 0 amide bonds. The van der Waals surface area contributed by atoms with Gasteiger partial charge in [-0.05, 0) is 48.2 Å². The van der Waals surface area contributed by atoms with Crippen molar-refractivity contribution >= 4 is 0 Å². The normalized spacial score (nSPS) is 17.8. The van der Waals surface area contributed by atoms with Gasteiger partial charge in [0.1, 0.15) is 12.2 Å². The number of aryl methyl sites for hydroxylation is 2. The minimum absolute atomic E-state index is 0.0568. The number of nitrogens with zero attached hydrogens (tertiary/aromatic N) is 4. The van der Waals surface area contributed by atoms with Crippen molar-refractivity contribution < 1.29 is 26.3 Å². The van der Waals surface area contributed by atoms with Crippen LogP contribution in [0.1, 0.15) is 46.1 Å². The predicted molar refractivity (Wildman–Crippen MR) is 105 cm³/mol. The first-order chi connectivity index (χ1) is 15.0. The van der Waals surface area contributed by atoms with E-state index in [2.05, 4.69) is 10.1 Å². The molecule has 0 bridgehead atoms. The maximum absolute atomic E-state index is 13.3. The lowest BCUT2D eigenvalue weighted by Crippen LogP contribution is -2.31. The highest BCUT2D eigenvalue weighted by atomic mass is 19.4. The highest BCUT2D eigenvalue weighted by molar-refractivity contribution is 5.36. The van der Waals surface area contributed by atoms with Crippen LogP contribution >= 0.6 is 0 Å². The van der Waals surface area contributed by atoms with Crippen molar-refractivity contribution in [1.29, 1.82) is 0 Å². The molecule has 1 aromatic heterocycles. The van der Waals surface area contributed by atoms with Gasteiger partial charge in [0.25, 0.3) is 0 Å². The fourth-order valence-corrected chi connectivity index (χ4v) is 4.12. The number of halogens is 6. The molecule has 1 atom stereocenters. The van der Waals surface area contributed by atoms with Gasteiger partial charge in [-0.2, -0.15) is 31.4 Å². The van der Waals surface area contributed by atoms with E-state index in [1.54, 1.807) is 4.68 Å². The number of alkyl halides is 6. The number of hydrogen-bond donors (Lipinski definition) is 0. The van der Waals surface area contributed by atoms with E-state index in [4.69, 9.17) is 0 Å². The number of benzene rings is 2. The minimum atomic E-state index is -4.88. The summed E-state index contributed by atoms with van der Waals surface area (Å²) in [6, 6.07) is 8.80. The number of rotatable bonds is 3. The maximum atomic E-state index is 13.3. The zero-order chi connectivity index (χ0) is 23.1. The van der Waals surface area contributed by atoms with E-state index in [1.807, 2.05) is 36.1 Å². The van der Waals surface area contributed by atoms with E-state index in [0.717, 1.165) is 23.3 Å². The average Bonchev–Trinajstić information content (AvgIpc) is 3.09. The second kappa shape index (κ2) is 8.23. The van der Waals surface area contributed by atoms with Gasteiger partial charge in [-0.25, -0.2) is 9.67 Å². The van der Waals surface area contributed by atoms with E-state index < -0.39 is 29.5 Å². The van der Waals surface area contributed by atoms with Crippen LogP contribution < -0.4 is 0 Å². The van der Waals surface area contributed by atoms with Crippen LogP contribution in [-0.2, 0) is 25.4 Å². The van der Waals surface area contributed by atoms with Gasteiger partial charge < -0.3 is 0 Å². The van der Waals surface area contributed by atoms with Gasteiger partial charge in [-0.1, -0.05) is 24.3 Å². The van der Waals surface area contributed by atoms with Crippen LogP contribution in [0.15, 0.2) is 48.8 Å². The van der Waals surface area contributed by atoms with Crippen molar-refractivity contribution in [2.75, 3.05) is 6.54 Å². The number of fused-ring (bicyclic) bond motifs is 1. The Morgan fingerprint density at radius 1 is 0.938 bits per heavy atom. The van der Waals surface area contributed by atoms with E-state index in [0.29, 0.717) is 25.3 Å². The van der Waals surface area contributed by atoms with E-state index >= 15 is 0 Å². The van der Waals surface area contributed by atoms with Crippen molar-refractivity contribution in [3.63, 3.8) is 0 Å². The van der Waals surface area contributed by atoms with Crippen LogP contribution in [0.3, 0.4) is 0 Å². The summed E-state index contributed by atoms with van der Waals surface area (Å²) in [4.78, 5) is 6.24. The summed E-state index contributed by atoms with van der Waals surface area (Å²) in [5.41, 5.74) is -0.857. The van der Waals surface area contributed by atoms with Gasteiger partial charge >= 0.3 is 12.4 Å². The van der Waals surface area contributed by atoms with Crippen LogP contribution in [0.25, 0.3) is 0 Å². The summed E-state index contributed by atoms with van der Waals surface area (Å²) in [6.07, 6.45) is -7.73. The second-order valence-electron chi connectivity index (χ2n) is 7.84. The van der Waals surface area contributed by atoms with Crippen LogP contribution in [0, 0.1) is 6.92 Å². The Balaban J connectivity index is 1.79. The van der Waals surface area contributed by atoms with Crippen molar-refractivity contribution in [2.45, 2.75) is 44.8 Å². The molecule has 0 fully saturated rings. The Hall–Kier alpha value is -2.88. The molecule has 2 aromatic carbocycles. The van der Waals surface area contributed by atoms with Gasteiger partial charge in [0.05, 0.1) is 17.2 Å². The first kappa shape index (κ1) is 22.3. The Morgan fingerprint density at radius 3 is 2.22 bits per heavy atom. The molecule has 0 N–H and O–H groups in total. The maximum Gasteiger partial charge on any atom is 0.416 e. The third kappa shape index (κ3) is 4.50. The van der Waals surface area contributed by atoms with Gasteiger partial charge in [0.15, 0.2) is 0 Å². The first-order valence-electron chi connectivity index (χ1n) is 9.99. The summed E-state index contributed by atoms with van der Waals surface area (Å²) in [5, 5.41) is 4.24. The molecule has 3 aromatic rings. The molecule has 170 valence electrons. The van der Waals surface area contributed by atoms with Crippen molar-refractivity contribution in [1.82, 2.24) is 19.7 Å². The Bertz CT molecular complexity index is 1070. The smallest absolute Gasteiger partial charge is 0.285 e. The topological polar surface area (TPSA) is 34.0 Å². The Labute approximate surface area is 180 Å². The second-order valence-corrected chi connectivity index (χ2v) is 7.84. The van der Waals surface area contributed by atoms with Crippen LogP contribution in [0.5, 0.6) is 0 Å². The largest absolute Gasteiger partial charge is 0.416 e. The van der Waals surface area contributed by atoms with Crippen LogP contribution in [-0.4, -0.2) is 26.2 Å². The highest BCUT2D eigenvalue weighted by Gasteiger charge is 2.38. The molecule has 32 heavy (non-hydrogen) atoms. The van der Waals surface area contributed by atoms with E-state index in [-0.39, 0.29) is 18.2 Å². The zero-order valence-corrected chi connectivity index (χ0v) is 17.1. The monoisotopic (exact) mass is 454 g/mol. The summed E-state index contributed by atoms with van der Waals surface area (Å²) < 4.78 is 81.7. The number of aromatic nitrogens is 3. The van der Waals surface area contributed by atoms with Gasteiger partial charge in [0.2, 0.25) is 0 Å². The molecule has 0 saturated carbocycles. The lowest BCUT2D eigenvalue weighted by molar-refractivity contribution is -0.143. The molecule has 1 aliphatic heterocycles. The molecule has 0 spiro atoms. The molecule has 1 aliphatic rings.